The lowest BCUT2D eigenvalue weighted by Gasteiger charge is -2.07. The van der Waals surface area contributed by atoms with Crippen molar-refractivity contribution in [3.8, 4) is 0 Å². The Balaban J connectivity index is 2.85. The molecule has 66 valence electrons. The summed E-state index contributed by atoms with van der Waals surface area (Å²) in [6.07, 6.45) is 6.52. The fraction of sp³-hybridized carbons (Fsp3) is 0.889. The SMILES string of the molecule is CN(C)CCCCCCC=O. The first-order valence-corrected chi connectivity index (χ1v) is 4.35. The van der Waals surface area contributed by atoms with E-state index < -0.39 is 0 Å². The minimum absolute atomic E-state index is 0.738. The van der Waals surface area contributed by atoms with E-state index in [1.807, 2.05) is 0 Å². The first kappa shape index (κ1) is 10.6. The van der Waals surface area contributed by atoms with Crippen LogP contribution in [0.1, 0.15) is 32.1 Å². The van der Waals surface area contributed by atoms with Gasteiger partial charge in [-0.3, -0.25) is 0 Å². The maximum atomic E-state index is 9.94. The van der Waals surface area contributed by atoms with Crippen molar-refractivity contribution < 1.29 is 4.79 Å². The van der Waals surface area contributed by atoms with Crippen molar-refractivity contribution in [1.82, 2.24) is 4.90 Å². The van der Waals surface area contributed by atoms with Gasteiger partial charge in [0.15, 0.2) is 0 Å². The van der Waals surface area contributed by atoms with Gasteiger partial charge < -0.3 is 9.69 Å². The van der Waals surface area contributed by atoms with E-state index >= 15 is 0 Å². The van der Waals surface area contributed by atoms with Crippen molar-refractivity contribution in [3.05, 3.63) is 0 Å². The van der Waals surface area contributed by atoms with Crippen LogP contribution < -0.4 is 0 Å². The van der Waals surface area contributed by atoms with Gasteiger partial charge in [0.25, 0.3) is 0 Å². The Labute approximate surface area is 69.6 Å². The van der Waals surface area contributed by atoms with Crippen LogP contribution in [0.3, 0.4) is 0 Å². The van der Waals surface area contributed by atoms with Crippen molar-refractivity contribution in [2.45, 2.75) is 32.1 Å². The van der Waals surface area contributed by atoms with Crippen LogP contribution >= 0.6 is 0 Å². The van der Waals surface area contributed by atoms with Crippen molar-refractivity contribution in [1.29, 1.82) is 0 Å². The third kappa shape index (κ3) is 9.63. The highest BCUT2D eigenvalue weighted by Crippen LogP contribution is 2.01. The molecule has 0 atom stereocenters. The lowest BCUT2D eigenvalue weighted by atomic mass is 10.1. The number of carbonyl (C=O) groups excluding carboxylic acids is 1. The van der Waals surface area contributed by atoms with E-state index in [0.29, 0.717) is 0 Å². The number of unbranched alkanes of at least 4 members (excludes halogenated alkanes) is 4. The van der Waals surface area contributed by atoms with Crippen molar-refractivity contribution in [2.24, 2.45) is 0 Å². The summed E-state index contributed by atoms with van der Waals surface area (Å²) in [5.41, 5.74) is 0. The standard InChI is InChI=1S/C9H19NO/c1-10(2)8-6-4-3-5-7-9-11/h9H,3-8H2,1-2H3. The topological polar surface area (TPSA) is 20.3 Å². The van der Waals surface area contributed by atoms with Gasteiger partial charge >= 0.3 is 0 Å². The molecule has 0 aliphatic heterocycles. The summed E-state index contributed by atoms with van der Waals surface area (Å²) in [4.78, 5) is 12.1. The molecule has 0 heterocycles. The molecule has 0 bridgehead atoms. The molecule has 0 radical (unpaired) electrons. The first-order valence-electron chi connectivity index (χ1n) is 4.35. The quantitative estimate of drug-likeness (QED) is 0.414. The third-order valence-electron chi connectivity index (χ3n) is 1.68. The predicted octanol–water partition coefficient (Wildman–Crippen LogP) is 1.70. The highest BCUT2D eigenvalue weighted by Gasteiger charge is 1.90. The van der Waals surface area contributed by atoms with Crippen LogP contribution in [0, 0.1) is 0 Å². The van der Waals surface area contributed by atoms with E-state index in [9.17, 15) is 4.79 Å². The molecular weight excluding hydrogens is 138 g/mol. The van der Waals surface area contributed by atoms with Crippen LogP contribution in [0.25, 0.3) is 0 Å². The highest BCUT2D eigenvalue weighted by molar-refractivity contribution is 5.48. The van der Waals surface area contributed by atoms with Gasteiger partial charge in [0, 0.05) is 6.42 Å². The van der Waals surface area contributed by atoms with Crippen LogP contribution in [0.15, 0.2) is 0 Å². The second-order valence-corrected chi connectivity index (χ2v) is 3.17. The number of aldehydes is 1. The van der Waals surface area contributed by atoms with Crippen molar-refractivity contribution in [3.63, 3.8) is 0 Å². The van der Waals surface area contributed by atoms with E-state index in [1.54, 1.807) is 0 Å². The monoisotopic (exact) mass is 157 g/mol. The maximum absolute atomic E-state index is 9.94. The molecule has 0 spiro atoms. The molecule has 0 aromatic carbocycles. The largest absolute Gasteiger partial charge is 0.309 e. The van der Waals surface area contributed by atoms with E-state index in [1.165, 1.54) is 25.8 Å². The Hall–Kier alpha value is -0.370. The predicted molar refractivity (Wildman–Crippen MR) is 47.7 cm³/mol. The van der Waals surface area contributed by atoms with Gasteiger partial charge in [0.05, 0.1) is 0 Å². The molecule has 0 aliphatic rings. The van der Waals surface area contributed by atoms with E-state index in [4.69, 9.17) is 0 Å². The summed E-state index contributed by atoms with van der Waals surface area (Å²) >= 11 is 0. The zero-order valence-electron chi connectivity index (χ0n) is 7.68. The van der Waals surface area contributed by atoms with Crippen LogP contribution in [0.5, 0.6) is 0 Å². The highest BCUT2D eigenvalue weighted by atomic mass is 16.1. The Bertz CT molecular complexity index is 91.6. The molecule has 2 nitrogen and oxygen atoms in total. The summed E-state index contributed by atoms with van der Waals surface area (Å²) in [6.45, 7) is 1.17. The summed E-state index contributed by atoms with van der Waals surface area (Å²) in [7, 11) is 4.18. The molecular formula is C9H19NO. The van der Waals surface area contributed by atoms with Gasteiger partial charge in [-0.1, -0.05) is 12.8 Å². The molecule has 0 rings (SSSR count). The number of carbonyl (C=O) groups is 1. The van der Waals surface area contributed by atoms with Crippen LogP contribution in [0.4, 0.5) is 0 Å². The third-order valence-corrected chi connectivity index (χ3v) is 1.68. The minimum Gasteiger partial charge on any atom is -0.309 e. The van der Waals surface area contributed by atoms with E-state index in [2.05, 4.69) is 19.0 Å². The van der Waals surface area contributed by atoms with Crippen molar-refractivity contribution in [2.75, 3.05) is 20.6 Å². The second kappa shape index (κ2) is 7.73. The van der Waals surface area contributed by atoms with E-state index in [-0.39, 0.29) is 0 Å². The molecule has 0 saturated carbocycles. The zero-order valence-corrected chi connectivity index (χ0v) is 7.68. The van der Waals surface area contributed by atoms with Gasteiger partial charge in [-0.25, -0.2) is 0 Å². The number of hydrogen-bond donors (Lipinski definition) is 0. The van der Waals surface area contributed by atoms with Gasteiger partial charge in [0.1, 0.15) is 6.29 Å². The second-order valence-electron chi connectivity index (χ2n) is 3.17. The average Bonchev–Trinajstić information content (AvgIpc) is 1.96. The fourth-order valence-corrected chi connectivity index (χ4v) is 1.01. The Morgan fingerprint density at radius 1 is 1.09 bits per heavy atom. The van der Waals surface area contributed by atoms with E-state index in [0.717, 1.165) is 19.1 Å². The molecule has 11 heavy (non-hydrogen) atoms. The number of hydrogen-bond acceptors (Lipinski definition) is 2. The molecule has 0 N–H and O–H groups in total. The molecule has 0 saturated heterocycles. The molecule has 0 aliphatic carbocycles. The summed E-state index contributed by atoms with van der Waals surface area (Å²) in [5.74, 6) is 0. The fourth-order valence-electron chi connectivity index (χ4n) is 1.01. The summed E-state index contributed by atoms with van der Waals surface area (Å²) in [6, 6.07) is 0. The summed E-state index contributed by atoms with van der Waals surface area (Å²) in [5, 5.41) is 0. The molecule has 2 heteroatoms. The molecule has 0 unspecified atom stereocenters. The molecule has 0 amide bonds. The molecule has 0 aromatic rings. The molecule has 0 aromatic heterocycles. The van der Waals surface area contributed by atoms with Crippen LogP contribution in [-0.2, 0) is 4.79 Å². The lowest BCUT2D eigenvalue weighted by molar-refractivity contribution is -0.107. The Kier molecular flexibility index (Phi) is 7.47. The van der Waals surface area contributed by atoms with Gasteiger partial charge in [0.2, 0.25) is 0 Å². The Morgan fingerprint density at radius 2 is 1.73 bits per heavy atom. The smallest absolute Gasteiger partial charge is 0.119 e. The average molecular weight is 157 g/mol. The van der Waals surface area contributed by atoms with Gasteiger partial charge in [-0.2, -0.15) is 0 Å². The lowest BCUT2D eigenvalue weighted by Crippen LogP contribution is -2.12. The molecule has 0 fully saturated rings. The normalized spacial score (nSPS) is 10.5. The number of rotatable bonds is 7. The first-order chi connectivity index (χ1) is 5.27. The number of nitrogens with zero attached hydrogens (tertiary/aromatic N) is 1. The zero-order chi connectivity index (χ0) is 8.53. The van der Waals surface area contributed by atoms with Gasteiger partial charge in [-0.15, -0.1) is 0 Å². The minimum atomic E-state index is 0.738. The Morgan fingerprint density at radius 3 is 2.27 bits per heavy atom. The van der Waals surface area contributed by atoms with Crippen molar-refractivity contribution >= 4 is 6.29 Å². The van der Waals surface area contributed by atoms with Crippen LogP contribution in [-0.4, -0.2) is 31.8 Å². The van der Waals surface area contributed by atoms with Gasteiger partial charge in [-0.05, 0) is 33.5 Å². The van der Waals surface area contributed by atoms with Crippen LogP contribution in [0.2, 0.25) is 0 Å². The maximum Gasteiger partial charge on any atom is 0.119 e. The summed E-state index contributed by atoms with van der Waals surface area (Å²) < 4.78 is 0.